The van der Waals surface area contributed by atoms with E-state index in [9.17, 15) is 4.39 Å². The van der Waals surface area contributed by atoms with E-state index in [1.807, 2.05) is 0 Å². The summed E-state index contributed by atoms with van der Waals surface area (Å²) < 4.78 is 18.5. The van der Waals surface area contributed by atoms with Gasteiger partial charge in [0.1, 0.15) is 11.6 Å². The molecule has 0 aliphatic carbocycles. The van der Waals surface area contributed by atoms with Gasteiger partial charge in [-0.3, -0.25) is 11.3 Å². The molecule has 17 heavy (non-hydrogen) atoms. The molecule has 3 nitrogen and oxygen atoms in total. The average Bonchev–Trinajstić information content (AvgIpc) is 2.30. The van der Waals surface area contributed by atoms with Gasteiger partial charge in [-0.15, -0.1) is 0 Å². The van der Waals surface area contributed by atoms with Crippen LogP contribution in [-0.4, -0.2) is 7.11 Å². The average molecular weight is 240 g/mol. The fourth-order valence-electron chi connectivity index (χ4n) is 1.81. The molecule has 3 N–H and O–H groups in total. The van der Waals surface area contributed by atoms with E-state index < -0.39 is 0 Å². The van der Waals surface area contributed by atoms with E-state index in [0.29, 0.717) is 11.7 Å². The first kappa shape index (κ1) is 13.9. The van der Waals surface area contributed by atoms with E-state index >= 15 is 0 Å². The molecule has 0 amide bonds. The summed E-state index contributed by atoms with van der Waals surface area (Å²) in [4.78, 5) is 0. The summed E-state index contributed by atoms with van der Waals surface area (Å²) in [7, 11) is 1.58. The molecule has 96 valence electrons. The number of hydrogen-bond donors (Lipinski definition) is 2. The first-order valence-corrected chi connectivity index (χ1v) is 5.88. The van der Waals surface area contributed by atoms with Gasteiger partial charge < -0.3 is 4.74 Å². The zero-order chi connectivity index (χ0) is 12.8. The third kappa shape index (κ3) is 3.98. The summed E-state index contributed by atoms with van der Waals surface area (Å²) in [6.45, 7) is 4.30. The maximum absolute atomic E-state index is 13.3. The third-order valence-electron chi connectivity index (χ3n) is 2.80. The van der Waals surface area contributed by atoms with Crippen LogP contribution in [0.5, 0.6) is 5.75 Å². The Morgan fingerprint density at radius 1 is 1.35 bits per heavy atom. The Morgan fingerprint density at radius 2 is 2.06 bits per heavy atom. The highest BCUT2D eigenvalue weighted by Gasteiger charge is 2.16. The number of halogens is 1. The third-order valence-corrected chi connectivity index (χ3v) is 2.80. The largest absolute Gasteiger partial charge is 0.496 e. The predicted molar refractivity (Wildman–Crippen MR) is 67.1 cm³/mol. The van der Waals surface area contributed by atoms with Crippen LogP contribution in [0.1, 0.15) is 38.3 Å². The highest BCUT2D eigenvalue weighted by molar-refractivity contribution is 5.36. The van der Waals surface area contributed by atoms with E-state index in [4.69, 9.17) is 10.6 Å². The maximum atomic E-state index is 13.3. The van der Waals surface area contributed by atoms with Gasteiger partial charge in [0.05, 0.1) is 7.11 Å². The highest BCUT2D eigenvalue weighted by Crippen LogP contribution is 2.29. The van der Waals surface area contributed by atoms with Gasteiger partial charge in [-0.05, 0) is 37.0 Å². The molecule has 0 radical (unpaired) electrons. The molecule has 1 aromatic carbocycles. The predicted octanol–water partition coefficient (Wildman–Crippen LogP) is 2.77. The number of hydrazine groups is 1. The quantitative estimate of drug-likeness (QED) is 0.593. The molecule has 0 saturated carbocycles. The second-order valence-corrected chi connectivity index (χ2v) is 4.58. The van der Waals surface area contributed by atoms with Crippen LogP contribution in [0.3, 0.4) is 0 Å². The Hall–Kier alpha value is -1.13. The number of hydrogen-bond acceptors (Lipinski definition) is 3. The Kier molecular flexibility index (Phi) is 5.38. The molecule has 0 spiro atoms. The van der Waals surface area contributed by atoms with Crippen molar-refractivity contribution in [3.05, 3.63) is 29.6 Å². The van der Waals surface area contributed by atoms with Crippen molar-refractivity contribution in [2.24, 2.45) is 11.8 Å². The molecule has 1 unspecified atom stereocenters. The van der Waals surface area contributed by atoms with Crippen molar-refractivity contribution in [2.75, 3.05) is 7.11 Å². The van der Waals surface area contributed by atoms with Crippen LogP contribution in [-0.2, 0) is 0 Å². The number of nitrogens with two attached hydrogens (primary N) is 1. The zero-order valence-electron chi connectivity index (χ0n) is 10.7. The van der Waals surface area contributed by atoms with E-state index in [1.54, 1.807) is 13.2 Å². The van der Waals surface area contributed by atoms with Crippen molar-refractivity contribution in [3.63, 3.8) is 0 Å². The molecule has 0 aliphatic heterocycles. The molecule has 0 bridgehead atoms. The smallest absolute Gasteiger partial charge is 0.123 e. The zero-order valence-corrected chi connectivity index (χ0v) is 10.7. The molecule has 4 heteroatoms. The Balaban J connectivity index is 2.89. The van der Waals surface area contributed by atoms with E-state index in [1.165, 1.54) is 12.1 Å². The van der Waals surface area contributed by atoms with Gasteiger partial charge >= 0.3 is 0 Å². The van der Waals surface area contributed by atoms with Crippen LogP contribution >= 0.6 is 0 Å². The number of methoxy groups -OCH3 is 1. The van der Waals surface area contributed by atoms with Crippen LogP contribution in [0.4, 0.5) is 4.39 Å². The Bertz CT molecular complexity index is 355. The summed E-state index contributed by atoms with van der Waals surface area (Å²) in [6.07, 6.45) is 1.88. The van der Waals surface area contributed by atoms with Crippen molar-refractivity contribution < 1.29 is 9.13 Å². The molecular weight excluding hydrogens is 219 g/mol. The van der Waals surface area contributed by atoms with Gasteiger partial charge in [0.15, 0.2) is 0 Å². The van der Waals surface area contributed by atoms with Crippen LogP contribution in [0.15, 0.2) is 18.2 Å². The highest BCUT2D eigenvalue weighted by atomic mass is 19.1. The molecule has 0 fully saturated rings. The van der Waals surface area contributed by atoms with Crippen molar-refractivity contribution in [3.8, 4) is 5.75 Å². The van der Waals surface area contributed by atoms with Crippen molar-refractivity contribution >= 4 is 0 Å². The summed E-state index contributed by atoms with van der Waals surface area (Å²) in [6, 6.07) is 4.41. The molecular formula is C13H21FN2O. The van der Waals surface area contributed by atoms with Crippen molar-refractivity contribution in [1.82, 2.24) is 5.43 Å². The SMILES string of the molecule is COc1ccc(F)cc1C(CCC(C)C)NN. The fourth-order valence-corrected chi connectivity index (χ4v) is 1.81. The van der Waals surface area contributed by atoms with E-state index in [2.05, 4.69) is 19.3 Å². The normalized spacial score (nSPS) is 12.8. The Labute approximate surface area is 102 Å². The second-order valence-electron chi connectivity index (χ2n) is 4.58. The van der Waals surface area contributed by atoms with E-state index in [-0.39, 0.29) is 11.9 Å². The van der Waals surface area contributed by atoms with Crippen LogP contribution in [0, 0.1) is 11.7 Å². The fraction of sp³-hybridized carbons (Fsp3) is 0.538. The number of nitrogens with one attached hydrogen (secondary N) is 1. The van der Waals surface area contributed by atoms with Gasteiger partial charge in [-0.25, -0.2) is 4.39 Å². The topological polar surface area (TPSA) is 47.3 Å². The Morgan fingerprint density at radius 3 is 2.59 bits per heavy atom. The first-order valence-electron chi connectivity index (χ1n) is 5.88. The lowest BCUT2D eigenvalue weighted by Crippen LogP contribution is -2.28. The molecule has 0 saturated heterocycles. The second kappa shape index (κ2) is 6.57. The molecule has 1 aromatic rings. The summed E-state index contributed by atoms with van der Waals surface area (Å²) in [5.74, 6) is 6.52. The lowest BCUT2D eigenvalue weighted by molar-refractivity contribution is 0.386. The monoisotopic (exact) mass is 240 g/mol. The van der Waals surface area contributed by atoms with Gasteiger partial charge in [-0.2, -0.15) is 0 Å². The van der Waals surface area contributed by atoms with Crippen LogP contribution in [0.25, 0.3) is 0 Å². The van der Waals surface area contributed by atoms with Crippen molar-refractivity contribution in [1.29, 1.82) is 0 Å². The maximum Gasteiger partial charge on any atom is 0.123 e. The van der Waals surface area contributed by atoms with Gasteiger partial charge in [-0.1, -0.05) is 13.8 Å². The first-order chi connectivity index (χ1) is 8.08. The molecule has 0 aromatic heterocycles. The minimum absolute atomic E-state index is 0.0805. The minimum Gasteiger partial charge on any atom is -0.496 e. The van der Waals surface area contributed by atoms with E-state index in [0.717, 1.165) is 18.4 Å². The molecule has 1 atom stereocenters. The molecule has 0 aliphatic rings. The molecule has 1 rings (SSSR count). The van der Waals surface area contributed by atoms with Gasteiger partial charge in [0.25, 0.3) is 0 Å². The summed E-state index contributed by atoms with van der Waals surface area (Å²) >= 11 is 0. The summed E-state index contributed by atoms with van der Waals surface area (Å²) in [5.41, 5.74) is 3.50. The standard InChI is InChI=1S/C13H21FN2O/c1-9(2)4-6-12(16-15)11-8-10(14)5-7-13(11)17-3/h5,7-9,12,16H,4,6,15H2,1-3H3. The summed E-state index contributed by atoms with van der Waals surface area (Å²) in [5, 5.41) is 0. The number of ether oxygens (including phenoxy) is 1. The van der Waals surface area contributed by atoms with Gasteiger partial charge in [0.2, 0.25) is 0 Å². The molecule has 0 heterocycles. The number of benzene rings is 1. The minimum atomic E-state index is -0.273. The number of rotatable bonds is 6. The van der Waals surface area contributed by atoms with Crippen molar-refractivity contribution in [2.45, 2.75) is 32.7 Å². The lowest BCUT2D eigenvalue weighted by atomic mass is 9.97. The van der Waals surface area contributed by atoms with Gasteiger partial charge in [0, 0.05) is 11.6 Å². The van der Waals surface area contributed by atoms with Crippen LogP contribution in [0.2, 0.25) is 0 Å². The lowest BCUT2D eigenvalue weighted by Gasteiger charge is -2.20. The van der Waals surface area contributed by atoms with Crippen LogP contribution < -0.4 is 16.0 Å².